The molecule has 2 aromatic heterocycles. The molecule has 0 aromatic carbocycles. The summed E-state index contributed by atoms with van der Waals surface area (Å²) in [5.74, 6) is 1.13. The van der Waals surface area contributed by atoms with Gasteiger partial charge < -0.3 is 9.80 Å². The normalized spacial score (nSPS) is 17.6. The third-order valence-corrected chi connectivity index (χ3v) is 4.81. The number of hydrogen-bond acceptors (Lipinski definition) is 4. The Kier molecular flexibility index (Phi) is 3.18. The predicted octanol–water partition coefficient (Wildman–Crippen LogP) is 0.588. The number of nitrogens with zero attached hydrogens (tertiary/aromatic N) is 3. The molecule has 3 rings (SSSR count). The van der Waals surface area contributed by atoms with Crippen LogP contribution in [0.1, 0.15) is 11.8 Å². The molecule has 1 aliphatic heterocycles. The van der Waals surface area contributed by atoms with E-state index in [1.807, 2.05) is 0 Å². The molecule has 3 heterocycles. The number of thiophene rings is 1. The summed E-state index contributed by atoms with van der Waals surface area (Å²) < 4.78 is 0. The topological polar surface area (TPSA) is 33.5 Å². The lowest BCUT2D eigenvalue weighted by atomic mass is 10.2. The second kappa shape index (κ2) is 4.82. The highest BCUT2D eigenvalue weighted by Crippen LogP contribution is 2.30. The van der Waals surface area contributed by atoms with Crippen molar-refractivity contribution in [1.29, 1.82) is 0 Å². The van der Waals surface area contributed by atoms with Gasteiger partial charge in [-0.1, -0.05) is 6.92 Å². The number of piperazine rings is 1. The minimum Gasteiger partial charge on any atom is -0.345 e. The van der Waals surface area contributed by atoms with Gasteiger partial charge in [-0.25, -0.2) is 9.97 Å². The van der Waals surface area contributed by atoms with Crippen LogP contribution in [-0.2, 0) is 6.42 Å². The molecule has 1 fully saturated rings. The Hall–Kier alpha value is -1.20. The van der Waals surface area contributed by atoms with Crippen LogP contribution in [0.25, 0.3) is 10.2 Å². The van der Waals surface area contributed by atoms with Crippen LogP contribution in [0.2, 0.25) is 0 Å². The summed E-state index contributed by atoms with van der Waals surface area (Å²) in [6.07, 6.45) is 2.78. The average molecular weight is 263 g/mol. The molecule has 0 saturated carbocycles. The molecule has 18 heavy (non-hydrogen) atoms. The number of hydrogen-bond donors (Lipinski definition) is 1. The zero-order valence-corrected chi connectivity index (χ0v) is 11.8. The number of anilines is 1. The summed E-state index contributed by atoms with van der Waals surface area (Å²) in [6.45, 7) is 6.76. The van der Waals surface area contributed by atoms with Gasteiger partial charge in [0.15, 0.2) is 0 Å². The van der Waals surface area contributed by atoms with Gasteiger partial charge in [-0.3, -0.25) is 0 Å². The van der Waals surface area contributed by atoms with Gasteiger partial charge in [-0.2, -0.15) is 0 Å². The molecule has 0 unspecified atom stereocenters. The van der Waals surface area contributed by atoms with Crippen LogP contribution in [0.15, 0.2) is 12.4 Å². The van der Waals surface area contributed by atoms with Crippen LogP contribution in [-0.4, -0.2) is 43.2 Å². The zero-order chi connectivity index (χ0) is 12.5. The van der Waals surface area contributed by atoms with Gasteiger partial charge in [0.25, 0.3) is 0 Å². The molecule has 2 aromatic rings. The van der Waals surface area contributed by atoms with E-state index in [1.165, 1.54) is 23.4 Å². The first-order chi connectivity index (χ1) is 8.78. The molecule has 1 saturated heterocycles. The lowest BCUT2D eigenvalue weighted by molar-refractivity contribution is -0.880. The molecule has 96 valence electrons. The summed E-state index contributed by atoms with van der Waals surface area (Å²) in [6, 6.07) is 2.26. The van der Waals surface area contributed by atoms with Crippen molar-refractivity contribution in [3.05, 3.63) is 17.3 Å². The Balaban J connectivity index is 1.98. The average Bonchev–Trinajstić information content (AvgIpc) is 2.82. The lowest BCUT2D eigenvalue weighted by Crippen LogP contribution is -3.12. The van der Waals surface area contributed by atoms with E-state index in [9.17, 15) is 0 Å². The monoisotopic (exact) mass is 263 g/mol. The quantitative estimate of drug-likeness (QED) is 0.861. The van der Waals surface area contributed by atoms with E-state index in [0.717, 1.165) is 30.2 Å². The molecule has 0 bridgehead atoms. The van der Waals surface area contributed by atoms with Gasteiger partial charge >= 0.3 is 0 Å². The highest BCUT2D eigenvalue weighted by atomic mass is 32.1. The van der Waals surface area contributed by atoms with Crippen LogP contribution in [0.4, 0.5) is 5.82 Å². The molecular weight excluding hydrogens is 244 g/mol. The summed E-state index contributed by atoms with van der Waals surface area (Å²) >= 11 is 1.79. The minimum absolute atomic E-state index is 1.08. The second-order valence-electron chi connectivity index (χ2n) is 4.93. The van der Waals surface area contributed by atoms with Crippen molar-refractivity contribution in [2.75, 3.05) is 38.1 Å². The number of quaternary nitrogens is 1. The zero-order valence-electron chi connectivity index (χ0n) is 10.9. The summed E-state index contributed by atoms with van der Waals surface area (Å²) in [5.41, 5.74) is 0. The molecule has 0 amide bonds. The van der Waals surface area contributed by atoms with Gasteiger partial charge in [0, 0.05) is 4.88 Å². The fourth-order valence-electron chi connectivity index (χ4n) is 2.42. The van der Waals surface area contributed by atoms with E-state index in [4.69, 9.17) is 0 Å². The van der Waals surface area contributed by atoms with Gasteiger partial charge in [0.1, 0.15) is 17.0 Å². The standard InChI is InChI=1S/C13H18N4S/c1-3-10-8-11-12(14-9-15-13(11)18-10)17-6-4-16(2)5-7-17/h8-9H,3-7H2,1-2H3/p+1. The smallest absolute Gasteiger partial charge is 0.141 e. The SMILES string of the molecule is CCc1cc2c(N3CC[NH+](C)CC3)ncnc2s1. The lowest BCUT2D eigenvalue weighted by Gasteiger charge is -2.31. The number of aromatic nitrogens is 2. The molecule has 4 nitrogen and oxygen atoms in total. The first kappa shape index (κ1) is 11.9. The van der Waals surface area contributed by atoms with Crippen LogP contribution in [0.5, 0.6) is 0 Å². The van der Waals surface area contributed by atoms with Crippen LogP contribution in [0.3, 0.4) is 0 Å². The predicted molar refractivity (Wildman–Crippen MR) is 75.6 cm³/mol. The third-order valence-electron chi connectivity index (χ3n) is 3.62. The first-order valence-electron chi connectivity index (χ1n) is 6.57. The van der Waals surface area contributed by atoms with Gasteiger partial charge in [-0.05, 0) is 12.5 Å². The first-order valence-corrected chi connectivity index (χ1v) is 7.39. The van der Waals surface area contributed by atoms with Crippen molar-refractivity contribution < 1.29 is 4.90 Å². The molecule has 0 aliphatic carbocycles. The maximum atomic E-state index is 4.52. The van der Waals surface area contributed by atoms with E-state index in [1.54, 1.807) is 22.6 Å². The fourth-order valence-corrected chi connectivity index (χ4v) is 3.35. The van der Waals surface area contributed by atoms with Crippen LogP contribution >= 0.6 is 11.3 Å². The van der Waals surface area contributed by atoms with Crippen molar-refractivity contribution >= 4 is 27.4 Å². The molecule has 1 aliphatic rings. The largest absolute Gasteiger partial charge is 0.345 e. The Labute approximate surface area is 111 Å². The van der Waals surface area contributed by atoms with E-state index >= 15 is 0 Å². The number of nitrogens with one attached hydrogen (secondary N) is 1. The van der Waals surface area contributed by atoms with Gasteiger partial charge in [-0.15, -0.1) is 11.3 Å². The van der Waals surface area contributed by atoms with E-state index < -0.39 is 0 Å². The Morgan fingerprint density at radius 2 is 2.11 bits per heavy atom. The van der Waals surface area contributed by atoms with Crippen molar-refractivity contribution in [2.45, 2.75) is 13.3 Å². The molecule has 5 heteroatoms. The summed E-state index contributed by atoms with van der Waals surface area (Å²) in [5, 5.41) is 1.24. The van der Waals surface area contributed by atoms with E-state index in [0.29, 0.717) is 0 Å². The maximum Gasteiger partial charge on any atom is 0.141 e. The number of rotatable bonds is 2. The van der Waals surface area contributed by atoms with Gasteiger partial charge in [0.2, 0.25) is 0 Å². The molecule has 0 spiro atoms. The highest BCUT2D eigenvalue weighted by Gasteiger charge is 2.20. The Morgan fingerprint density at radius 3 is 2.83 bits per heavy atom. The molecule has 0 radical (unpaired) electrons. The van der Waals surface area contributed by atoms with Crippen molar-refractivity contribution in [2.24, 2.45) is 0 Å². The molecule has 0 atom stereocenters. The van der Waals surface area contributed by atoms with Gasteiger partial charge in [0.05, 0.1) is 38.6 Å². The van der Waals surface area contributed by atoms with Crippen LogP contribution < -0.4 is 9.80 Å². The number of fused-ring (bicyclic) bond motifs is 1. The van der Waals surface area contributed by atoms with Crippen LogP contribution in [0, 0.1) is 0 Å². The maximum absolute atomic E-state index is 4.52. The van der Waals surface area contributed by atoms with Crippen molar-refractivity contribution in [3.63, 3.8) is 0 Å². The number of likely N-dealkylation sites (N-methyl/N-ethyl adjacent to an activating group) is 1. The molecule has 1 N–H and O–H groups in total. The highest BCUT2D eigenvalue weighted by molar-refractivity contribution is 7.18. The van der Waals surface area contributed by atoms with Crippen molar-refractivity contribution in [1.82, 2.24) is 9.97 Å². The Bertz CT molecular complexity index is 543. The summed E-state index contributed by atoms with van der Waals surface area (Å²) in [7, 11) is 2.26. The van der Waals surface area contributed by atoms with E-state index in [-0.39, 0.29) is 0 Å². The second-order valence-corrected chi connectivity index (χ2v) is 6.04. The Morgan fingerprint density at radius 1 is 1.33 bits per heavy atom. The number of aryl methyl sites for hydroxylation is 1. The summed E-state index contributed by atoms with van der Waals surface area (Å²) in [4.78, 5) is 15.4. The fraction of sp³-hybridized carbons (Fsp3) is 0.538. The minimum atomic E-state index is 1.08. The van der Waals surface area contributed by atoms with Crippen molar-refractivity contribution in [3.8, 4) is 0 Å². The van der Waals surface area contributed by atoms with E-state index in [2.05, 4.69) is 34.9 Å². The molecular formula is C13H19N4S+. The third kappa shape index (κ3) is 2.08.